The Labute approximate surface area is 146 Å². The van der Waals surface area contributed by atoms with Crippen molar-refractivity contribution in [2.75, 3.05) is 25.3 Å². The Kier molecular flexibility index (Phi) is 4.70. The number of rotatable bonds is 5. The van der Waals surface area contributed by atoms with Crippen LogP contribution in [0.5, 0.6) is 11.5 Å². The van der Waals surface area contributed by atoms with Gasteiger partial charge in [0.2, 0.25) is 5.95 Å². The number of aryl methyl sites for hydroxylation is 1. The van der Waals surface area contributed by atoms with Crippen LogP contribution in [-0.2, 0) is 0 Å². The third-order valence-electron chi connectivity index (χ3n) is 3.87. The van der Waals surface area contributed by atoms with Crippen molar-refractivity contribution in [1.29, 1.82) is 0 Å². The maximum atomic E-state index is 5.95. The largest absolute Gasteiger partial charge is 0.493 e. The molecule has 6 heteroatoms. The van der Waals surface area contributed by atoms with Crippen molar-refractivity contribution in [3.05, 3.63) is 54.2 Å². The van der Waals surface area contributed by atoms with Gasteiger partial charge < -0.3 is 20.5 Å². The number of hydrogen-bond donors (Lipinski definition) is 2. The highest BCUT2D eigenvalue weighted by Gasteiger charge is 2.08. The average Bonchev–Trinajstić information content (AvgIpc) is 2.64. The molecule has 6 nitrogen and oxygen atoms in total. The van der Waals surface area contributed by atoms with E-state index in [-0.39, 0.29) is 0 Å². The number of nitrogens with one attached hydrogen (secondary N) is 1. The molecule has 3 aromatic rings. The second kappa shape index (κ2) is 7.09. The summed E-state index contributed by atoms with van der Waals surface area (Å²) in [6, 6.07) is 13.3. The van der Waals surface area contributed by atoms with Gasteiger partial charge in [0.15, 0.2) is 11.5 Å². The molecule has 0 unspecified atom stereocenters. The number of benzene rings is 2. The van der Waals surface area contributed by atoms with Gasteiger partial charge in [0, 0.05) is 23.1 Å². The van der Waals surface area contributed by atoms with E-state index >= 15 is 0 Å². The predicted octanol–water partition coefficient (Wildman–Crippen LogP) is 3.80. The topological polar surface area (TPSA) is 82.3 Å². The van der Waals surface area contributed by atoms with Gasteiger partial charge >= 0.3 is 0 Å². The van der Waals surface area contributed by atoms with Crippen LogP contribution < -0.4 is 20.5 Å². The number of hydrogen-bond acceptors (Lipinski definition) is 6. The molecule has 0 fully saturated rings. The first-order valence-corrected chi connectivity index (χ1v) is 7.79. The molecule has 0 aliphatic rings. The summed E-state index contributed by atoms with van der Waals surface area (Å²) >= 11 is 0. The number of anilines is 3. The van der Waals surface area contributed by atoms with E-state index < -0.39 is 0 Å². The van der Waals surface area contributed by atoms with E-state index in [2.05, 4.69) is 15.3 Å². The molecule has 0 atom stereocenters. The molecular weight excluding hydrogens is 316 g/mol. The fourth-order valence-corrected chi connectivity index (χ4v) is 2.42. The van der Waals surface area contributed by atoms with Crippen molar-refractivity contribution in [2.45, 2.75) is 6.92 Å². The van der Waals surface area contributed by atoms with Crippen LogP contribution in [0, 0.1) is 6.92 Å². The molecule has 25 heavy (non-hydrogen) atoms. The summed E-state index contributed by atoms with van der Waals surface area (Å²) in [5.41, 5.74) is 10.2. The third-order valence-corrected chi connectivity index (χ3v) is 3.87. The van der Waals surface area contributed by atoms with Crippen LogP contribution in [0.3, 0.4) is 0 Å². The first-order chi connectivity index (χ1) is 12.1. The first-order valence-electron chi connectivity index (χ1n) is 7.79. The minimum absolute atomic E-state index is 0.496. The summed E-state index contributed by atoms with van der Waals surface area (Å²) in [4.78, 5) is 8.83. The Bertz CT molecular complexity index is 896. The monoisotopic (exact) mass is 336 g/mol. The SMILES string of the molecule is COc1ccc(-c2ccnc(Nc3ccc(C)c(N)c3)n2)cc1OC. The Morgan fingerprint density at radius 2 is 1.76 bits per heavy atom. The lowest BCUT2D eigenvalue weighted by Gasteiger charge is -2.11. The number of methoxy groups -OCH3 is 2. The third kappa shape index (κ3) is 3.63. The second-order valence-corrected chi connectivity index (χ2v) is 5.53. The lowest BCUT2D eigenvalue weighted by Crippen LogP contribution is -1.99. The van der Waals surface area contributed by atoms with E-state index in [1.54, 1.807) is 20.4 Å². The number of ether oxygens (including phenoxy) is 2. The first kappa shape index (κ1) is 16.6. The summed E-state index contributed by atoms with van der Waals surface area (Å²) in [5, 5.41) is 3.18. The quantitative estimate of drug-likeness (QED) is 0.690. The minimum Gasteiger partial charge on any atom is -0.493 e. The molecule has 0 aliphatic carbocycles. The van der Waals surface area contributed by atoms with E-state index in [0.29, 0.717) is 17.4 Å². The molecule has 2 aromatic carbocycles. The molecule has 0 saturated carbocycles. The van der Waals surface area contributed by atoms with E-state index in [1.807, 2.05) is 49.4 Å². The molecule has 1 aromatic heterocycles. The van der Waals surface area contributed by atoms with Gasteiger partial charge in [0.1, 0.15) is 0 Å². The zero-order valence-corrected chi connectivity index (χ0v) is 14.4. The van der Waals surface area contributed by atoms with Crippen molar-refractivity contribution in [3.63, 3.8) is 0 Å². The fraction of sp³-hybridized carbons (Fsp3) is 0.158. The molecule has 0 aliphatic heterocycles. The van der Waals surface area contributed by atoms with Crippen molar-refractivity contribution in [3.8, 4) is 22.8 Å². The van der Waals surface area contributed by atoms with Gasteiger partial charge in [-0.3, -0.25) is 0 Å². The average molecular weight is 336 g/mol. The smallest absolute Gasteiger partial charge is 0.227 e. The number of nitrogen functional groups attached to an aromatic ring is 1. The Morgan fingerprint density at radius 1 is 0.960 bits per heavy atom. The van der Waals surface area contributed by atoms with Crippen molar-refractivity contribution >= 4 is 17.3 Å². The number of aromatic nitrogens is 2. The molecule has 128 valence electrons. The Hall–Kier alpha value is -3.28. The van der Waals surface area contributed by atoms with E-state index in [9.17, 15) is 0 Å². The molecule has 0 bridgehead atoms. The summed E-state index contributed by atoms with van der Waals surface area (Å²) in [6.45, 7) is 1.97. The minimum atomic E-state index is 0.496. The summed E-state index contributed by atoms with van der Waals surface area (Å²) < 4.78 is 10.6. The predicted molar refractivity (Wildman–Crippen MR) is 99.4 cm³/mol. The second-order valence-electron chi connectivity index (χ2n) is 5.53. The molecule has 3 rings (SSSR count). The van der Waals surface area contributed by atoms with Crippen molar-refractivity contribution in [1.82, 2.24) is 9.97 Å². The van der Waals surface area contributed by atoms with Gasteiger partial charge in [-0.15, -0.1) is 0 Å². The van der Waals surface area contributed by atoms with Crippen LogP contribution >= 0.6 is 0 Å². The molecule has 0 amide bonds. The van der Waals surface area contributed by atoms with Crippen molar-refractivity contribution < 1.29 is 9.47 Å². The van der Waals surface area contributed by atoms with Gasteiger partial charge in [0.25, 0.3) is 0 Å². The Morgan fingerprint density at radius 3 is 2.48 bits per heavy atom. The van der Waals surface area contributed by atoms with Gasteiger partial charge in [-0.1, -0.05) is 6.07 Å². The molecular formula is C19H20N4O2. The molecule has 1 heterocycles. The molecule has 0 spiro atoms. The van der Waals surface area contributed by atoms with E-state index in [4.69, 9.17) is 15.2 Å². The highest BCUT2D eigenvalue weighted by Crippen LogP contribution is 2.31. The summed E-state index contributed by atoms with van der Waals surface area (Å²) in [7, 11) is 3.22. The van der Waals surface area contributed by atoms with Gasteiger partial charge in [-0.25, -0.2) is 9.97 Å². The highest BCUT2D eigenvalue weighted by atomic mass is 16.5. The summed E-state index contributed by atoms with van der Waals surface area (Å²) in [6.07, 6.45) is 1.71. The lowest BCUT2D eigenvalue weighted by atomic mass is 10.1. The van der Waals surface area contributed by atoms with Gasteiger partial charge in [0.05, 0.1) is 19.9 Å². The normalized spacial score (nSPS) is 10.4. The molecule has 0 radical (unpaired) electrons. The van der Waals surface area contributed by atoms with E-state index in [0.717, 1.165) is 28.2 Å². The van der Waals surface area contributed by atoms with Gasteiger partial charge in [-0.2, -0.15) is 0 Å². The zero-order chi connectivity index (χ0) is 17.8. The van der Waals surface area contributed by atoms with Crippen LogP contribution in [0.4, 0.5) is 17.3 Å². The lowest BCUT2D eigenvalue weighted by molar-refractivity contribution is 0.355. The maximum Gasteiger partial charge on any atom is 0.227 e. The number of nitrogens with two attached hydrogens (primary N) is 1. The standard InChI is InChI=1S/C19H20N4O2/c1-12-4-6-14(11-15(12)20)22-19-21-9-8-16(23-19)13-5-7-17(24-2)18(10-13)25-3/h4-11H,20H2,1-3H3,(H,21,22,23). The van der Waals surface area contributed by atoms with Crippen LogP contribution in [0.25, 0.3) is 11.3 Å². The van der Waals surface area contributed by atoms with E-state index in [1.165, 1.54) is 0 Å². The summed E-state index contributed by atoms with van der Waals surface area (Å²) in [5.74, 6) is 1.82. The number of nitrogens with zero attached hydrogens (tertiary/aromatic N) is 2. The van der Waals surface area contributed by atoms with Crippen LogP contribution in [0.15, 0.2) is 48.7 Å². The van der Waals surface area contributed by atoms with Crippen LogP contribution in [0.2, 0.25) is 0 Å². The van der Waals surface area contributed by atoms with Crippen LogP contribution in [0.1, 0.15) is 5.56 Å². The van der Waals surface area contributed by atoms with Gasteiger partial charge in [-0.05, 0) is 48.9 Å². The Balaban J connectivity index is 1.90. The fourth-order valence-electron chi connectivity index (χ4n) is 2.42. The van der Waals surface area contributed by atoms with Crippen LogP contribution in [-0.4, -0.2) is 24.2 Å². The maximum absolute atomic E-state index is 5.95. The molecule has 3 N–H and O–H groups in total. The molecule has 0 saturated heterocycles. The van der Waals surface area contributed by atoms with Crippen molar-refractivity contribution in [2.24, 2.45) is 0 Å². The zero-order valence-electron chi connectivity index (χ0n) is 14.4. The highest BCUT2D eigenvalue weighted by molar-refractivity contribution is 5.67.